The molecule has 1 amide bonds. The maximum Gasteiger partial charge on any atom is 0.234 e. The van der Waals surface area contributed by atoms with Crippen LogP contribution in [0, 0.1) is 6.92 Å². The summed E-state index contributed by atoms with van der Waals surface area (Å²) in [5.74, 6) is 0.483. The number of anilines is 1. The monoisotopic (exact) mass is 185 g/mol. The zero-order valence-corrected chi connectivity index (χ0v) is 7.86. The molecule has 1 aromatic heterocycles. The number of hydrogen-bond donors (Lipinski definition) is 2. The molecule has 1 rings (SSSR count). The number of nitrogens with one attached hydrogen (secondary N) is 2. The molecule has 0 fully saturated rings. The number of carbonyl (C=O) groups excluding carboxylic acids is 1. The molecule has 0 spiro atoms. The van der Waals surface area contributed by atoms with Crippen molar-refractivity contribution in [3.63, 3.8) is 0 Å². The van der Waals surface area contributed by atoms with Crippen molar-refractivity contribution in [3.8, 4) is 0 Å². The summed E-state index contributed by atoms with van der Waals surface area (Å²) in [6, 6.07) is 0. The molecule has 0 saturated heterocycles. The van der Waals surface area contributed by atoms with E-state index in [-0.39, 0.29) is 5.91 Å². The lowest BCUT2D eigenvalue weighted by Crippen LogP contribution is -2.13. The van der Waals surface area contributed by atoms with Crippen LogP contribution in [0.15, 0.2) is 6.20 Å². The number of hydrogen-bond acceptors (Lipinski definition) is 3. The third kappa shape index (κ3) is 2.27. The van der Waals surface area contributed by atoms with Gasteiger partial charge < -0.3 is 5.32 Å². The lowest BCUT2D eigenvalue weighted by molar-refractivity contribution is -0.113. The van der Waals surface area contributed by atoms with Crippen LogP contribution in [0.25, 0.3) is 0 Å². The average molecular weight is 185 g/mol. The predicted molar refractivity (Wildman–Crippen MR) is 50.3 cm³/mol. The number of carbonyl (C=O) groups is 1. The van der Waals surface area contributed by atoms with Gasteiger partial charge in [-0.15, -0.1) is 0 Å². The molecule has 0 aliphatic carbocycles. The fraction of sp³-hybridized carbons (Fsp3) is 0.429. The highest BCUT2D eigenvalue weighted by atomic mass is 32.2. The summed E-state index contributed by atoms with van der Waals surface area (Å²) in [6.07, 6.45) is 3.50. The van der Waals surface area contributed by atoms with Crippen LogP contribution in [-0.4, -0.2) is 28.1 Å². The van der Waals surface area contributed by atoms with Crippen molar-refractivity contribution in [1.29, 1.82) is 0 Å². The Labute approximate surface area is 75.1 Å². The Balaban J connectivity index is 2.52. The second-order valence-electron chi connectivity index (χ2n) is 2.39. The first-order chi connectivity index (χ1) is 5.74. The zero-order chi connectivity index (χ0) is 8.97. The first kappa shape index (κ1) is 9.12. The van der Waals surface area contributed by atoms with E-state index in [2.05, 4.69) is 15.5 Å². The van der Waals surface area contributed by atoms with Crippen LogP contribution in [0.2, 0.25) is 0 Å². The number of aryl methyl sites for hydroxylation is 1. The van der Waals surface area contributed by atoms with Crippen LogP contribution in [0.1, 0.15) is 5.69 Å². The van der Waals surface area contributed by atoms with Crippen LogP contribution in [0.3, 0.4) is 0 Å². The van der Waals surface area contributed by atoms with Gasteiger partial charge in [0.05, 0.1) is 23.3 Å². The van der Waals surface area contributed by atoms with Crippen molar-refractivity contribution in [2.75, 3.05) is 17.3 Å². The van der Waals surface area contributed by atoms with Crippen molar-refractivity contribution in [2.45, 2.75) is 6.92 Å². The summed E-state index contributed by atoms with van der Waals surface area (Å²) < 4.78 is 0. The van der Waals surface area contributed by atoms with Gasteiger partial charge in [-0.25, -0.2) is 0 Å². The fourth-order valence-corrected chi connectivity index (χ4v) is 1.13. The molecule has 0 aliphatic heterocycles. The Kier molecular flexibility index (Phi) is 3.16. The second-order valence-corrected chi connectivity index (χ2v) is 3.26. The minimum atomic E-state index is 0.00648. The summed E-state index contributed by atoms with van der Waals surface area (Å²) in [5, 5.41) is 9.27. The molecule has 2 N–H and O–H groups in total. The number of aromatic amines is 1. The summed E-state index contributed by atoms with van der Waals surface area (Å²) >= 11 is 1.49. The smallest absolute Gasteiger partial charge is 0.234 e. The summed E-state index contributed by atoms with van der Waals surface area (Å²) in [7, 11) is 0. The van der Waals surface area contributed by atoms with E-state index in [0.717, 1.165) is 11.4 Å². The molecule has 0 atom stereocenters. The molecule has 0 bridgehead atoms. The largest absolute Gasteiger partial charge is 0.322 e. The minimum Gasteiger partial charge on any atom is -0.322 e. The maximum absolute atomic E-state index is 11.1. The van der Waals surface area contributed by atoms with Gasteiger partial charge in [-0.1, -0.05) is 0 Å². The van der Waals surface area contributed by atoms with E-state index < -0.39 is 0 Å². The van der Waals surface area contributed by atoms with E-state index in [0.29, 0.717) is 5.75 Å². The van der Waals surface area contributed by atoms with Crippen LogP contribution in [-0.2, 0) is 4.79 Å². The second kappa shape index (κ2) is 4.15. The third-order valence-corrected chi connectivity index (χ3v) is 1.93. The lowest BCUT2D eigenvalue weighted by Gasteiger charge is -2.00. The highest BCUT2D eigenvalue weighted by molar-refractivity contribution is 7.99. The fourth-order valence-electron chi connectivity index (χ4n) is 0.794. The van der Waals surface area contributed by atoms with Gasteiger partial charge in [0, 0.05) is 0 Å². The maximum atomic E-state index is 11.1. The molecule has 0 aliphatic rings. The SMILES string of the molecule is CSCC(=O)Nc1cn[nH]c1C. The van der Waals surface area contributed by atoms with Gasteiger partial charge >= 0.3 is 0 Å². The van der Waals surface area contributed by atoms with E-state index in [9.17, 15) is 4.79 Å². The van der Waals surface area contributed by atoms with Gasteiger partial charge in [-0.05, 0) is 13.2 Å². The molecule has 0 aromatic carbocycles. The van der Waals surface area contributed by atoms with E-state index in [4.69, 9.17) is 0 Å². The molecule has 1 aromatic rings. The number of aromatic nitrogens is 2. The highest BCUT2D eigenvalue weighted by Gasteiger charge is 2.04. The summed E-state index contributed by atoms with van der Waals surface area (Å²) in [5.41, 5.74) is 1.64. The Bertz CT molecular complexity index is 271. The Hall–Kier alpha value is -0.970. The number of rotatable bonds is 3. The lowest BCUT2D eigenvalue weighted by atomic mass is 10.4. The van der Waals surface area contributed by atoms with Crippen molar-refractivity contribution >= 4 is 23.4 Å². The minimum absolute atomic E-state index is 0.00648. The summed E-state index contributed by atoms with van der Waals surface area (Å²) in [4.78, 5) is 11.1. The van der Waals surface area contributed by atoms with Crippen LogP contribution in [0.4, 0.5) is 5.69 Å². The topological polar surface area (TPSA) is 57.8 Å². The standard InChI is InChI=1S/C7H11N3OS/c1-5-6(3-8-10-5)9-7(11)4-12-2/h3H,4H2,1-2H3,(H,8,10)(H,9,11). The van der Waals surface area contributed by atoms with Crippen LogP contribution < -0.4 is 5.32 Å². The number of amides is 1. The third-order valence-electron chi connectivity index (χ3n) is 1.38. The first-order valence-corrected chi connectivity index (χ1v) is 4.92. The number of nitrogens with zero attached hydrogens (tertiary/aromatic N) is 1. The molecule has 5 heteroatoms. The van der Waals surface area contributed by atoms with Gasteiger partial charge in [0.25, 0.3) is 0 Å². The van der Waals surface area contributed by atoms with E-state index >= 15 is 0 Å². The molecule has 0 unspecified atom stereocenters. The van der Waals surface area contributed by atoms with Crippen LogP contribution in [0.5, 0.6) is 0 Å². The molecule has 1 heterocycles. The van der Waals surface area contributed by atoms with Crippen LogP contribution >= 0.6 is 11.8 Å². The van der Waals surface area contributed by atoms with E-state index in [1.54, 1.807) is 6.20 Å². The normalized spacial score (nSPS) is 9.83. The molecule has 0 saturated carbocycles. The van der Waals surface area contributed by atoms with E-state index in [1.165, 1.54) is 11.8 Å². The molecule has 66 valence electrons. The van der Waals surface area contributed by atoms with Gasteiger partial charge in [0.15, 0.2) is 0 Å². The molecule has 0 radical (unpaired) electrons. The Morgan fingerprint density at radius 2 is 2.58 bits per heavy atom. The molecule has 4 nitrogen and oxygen atoms in total. The Morgan fingerprint density at radius 3 is 3.08 bits per heavy atom. The van der Waals surface area contributed by atoms with Gasteiger partial charge in [-0.2, -0.15) is 16.9 Å². The van der Waals surface area contributed by atoms with Crippen molar-refractivity contribution < 1.29 is 4.79 Å². The highest BCUT2D eigenvalue weighted by Crippen LogP contribution is 2.09. The summed E-state index contributed by atoms with van der Waals surface area (Å²) in [6.45, 7) is 1.86. The van der Waals surface area contributed by atoms with Gasteiger partial charge in [0.2, 0.25) is 5.91 Å². The number of H-pyrrole nitrogens is 1. The average Bonchev–Trinajstić information content (AvgIpc) is 2.37. The number of thioether (sulfide) groups is 1. The zero-order valence-electron chi connectivity index (χ0n) is 7.05. The van der Waals surface area contributed by atoms with Crippen molar-refractivity contribution in [1.82, 2.24) is 10.2 Å². The Morgan fingerprint density at radius 1 is 1.83 bits per heavy atom. The quantitative estimate of drug-likeness (QED) is 0.739. The molecule has 12 heavy (non-hydrogen) atoms. The van der Waals surface area contributed by atoms with Gasteiger partial charge in [-0.3, -0.25) is 9.89 Å². The first-order valence-electron chi connectivity index (χ1n) is 3.53. The molecular weight excluding hydrogens is 174 g/mol. The molecular formula is C7H11N3OS. The van der Waals surface area contributed by atoms with Crippen molar-refractivity contribution in [3.05, 3.63) is 11.9 Å². The predicted octanol–water partition coefficient (Wildman–Crippen LogP) is 1.02. The van der Waals surface area contributed by atoms with Crippen molar-refractivity contribution in [2.24, 2.45) is 0 Å². The van der Waals surface area contributed by atoms with E-state index in [1.807, 2.05) is 13.2 Å². The van der Waals surface area contributed by atoms with Gasteiger partial charge in [0.1, 0.15) is 0 Å².